The third kappa shape index (κ3) is 6.39. The quantitative estimate of drug-likeness (QED) is 0.173. The van der Waals surface area contributed by atoms with Gasteiger partial charge in [0.1, 0.15) is 5.75 Å². The number of carbonyl (C=O) groups excluding carboxylic acids is 2. The number of amides is 1. The maximum atomic E-state index is 12.6. The summed E-state index contributed by atoms with van der Waals surface area (Å²) in [5, 5.41) is 3.00. The molecule has 0 aliphatic carbocycles. The highest BCUT2D eigenvalue weighted by atomic mass is 16.5. The number of aliphatic imine (C=N–C) groups is 1. The summed E-state index contributed by atoms with van der Waals surface area (Å²) in [6.45, 7) is 9.78. The fourth-order valence-electron chi connectivity index (χ4n) is 3.83. The summed E-state index contributed by atoms with van der Waals surface area (Å²) in [6.07, 6.45) is 1.78. The van der Waals surface area contributed by atoms with E-state index >= 15 is 0 Å². The zero-order valence-corrected chi connectivity index (χ0v) is 21.8. The van der Waals surface area contributed by atoms with Crippen LogP contribution in [0.4, 0.5) is 11.4 Å². The van der Waals surface area contributed by atoms with Crippen molar-refractivity contribution in [2.24, 2.45) is 4.99 Å². The Hall–Kier alpha value is -4.51. The fourth-order valence-corrected chi connectivity index (χ4v) is 3.83. The molecule has 0 aliphatic rings. The molecule has 0 aliphatic heterocycles. The number of nitrogens with one attached hydrogen (secondary N) is 1. The number of hydrogen-bond acceptors (Lipinski definition) is 4. The van der Waals surface area contributed by atoms with E-state index in [1.54, 1.807) is 24.4 Å². The van der Waals surface area contributed by atoms with Crippen LogP contribution in [0.25, 0.3) is 0 Å². The molecule has 4 aromatic rings. The lowest BCUT2D eigenvalue weighted by molar-refractivity contribution is 0.0733. The molecule has 0 spiro atoms. The van der Waals surface area contributed by atoms with E-state index in [1.807, 2.05) is 95.3 Å². The van der Waals surface area contributed by atoms with Gasteiger partial charge in [0.15, 0.2) is 0 Å². The van der Waals surface area contributed by atoms with Crippen LogP contribution in [0.3, 0.4) is 0 Å². The van der Waals surface area contributed by atoms with Crippen LogP contribution in [0.15, 0.2) is 83.9 Å². The number of esters is 1. The molecule has 4 aromatic carbocycles. The normalized spacial score (nSPS) is 10.9. The lowest BCUT2D eigenvalue weighted by atomic mass is 10.1. The summed E-state index contributed by atoms with van der Waals surface area (Å²) in [5.74, 6) is -0.00834. The van der Waals surface area contributed by atoms with Gasteiger partial charge in [0, 0.05) is 17.5 Å². The maximum Gasteiger partial charge on any atom is 0.343 e. The Kier molecular flexibility index (Phi) is 7.63. The van der Waals surface area contributed by atoms with Gasteiger partial charge in [-0.3, -0.25) is 9.79 Å². The van der Waals surface area contributed by atoms with Crippen LogP contribution in [0, 0.1) is 34.6 Å². The fraction of sp³-hybridized carbons (Fsp3) is 0.156. The van der Waals surface area contributed by atoms with Gasteiger partial charge in [-0.05, 0) is 111 Å². The third-order valence-corrected chi connectivity index (χ3v) is 6.15. The molecule has 0 aromatic heterocycles. The molecule has 0 radical (unpaired) electrons. The van der Waals surface area contributed by atoms with E-state index in [-0.39, 0.29) is 11.9 Å². The summed E-state index contributed by atoms with van der Waals surface area (Å²) in [4.78, 5) is 29.8. The van der Waals surface area contributed by atoms with E-state index in [9.17, 15) is 9.59 Å². The van der Waals surface area contributed by atoms with Crippen molar-refractivity contribution in [3.05, 3.63) is 123 Å². The molecule has 0 heterocycles. The van der Waals surface area contributed by atoms with Gasteiger partial charge in [-0.2, -0.15) is 0 Å². The summed E-state index contributed by atoms with van der Waals surface area (Å²) < 4.78 is 5.59. The highest BCUT2D eigenvalue weighted by molar-refractivity contribution is 6.04. The van der Waals surface area contributed by atoms with Gasteiger partial charge in [-0.25, -0.2) is 4.79 Å². The molecule has 186 valence electrons. The summed E-state index contributed by atoms with van der Waals surface area (Å²) >= 11 is 0. The first-order chi connectivity index (χ1) is 17.7. The van der Waals surface area contributed by atoms with E-state index in [1.165, 1.54) is 0 Å². The standard InChI is InChI=1S/C32H30N2O3/c1-20-6-11-26(12-7-20)31(35)34-29-18-22(3)28(17-23(29)4)33-19-25-10-15-30(24(5)16-25)37-32(36)27-13-8-21(2)9-14-27/h6-19H,1-5H3,(H,34,35). The van der Waals surface area contributed by atoms with Crippen LogP contribution in [0.1, 0.15) is 54.1 Å². The number of carbonyl (C=O) groups is 2. The predicted molar refractivity (Wildman–Crippen MR) is 150 cm³/mol. The molecule has 0 unspecified atom stereocenters. The topological polar surface area (TPSA) is 67.8 Å². The first-order valence-corrected chi connectivity index (χ1v) is 12.1. The van der Waals surface area contributed by atoms with Crippen LogP contribution in [0.2, 0.25) is 0 Å². The minimum absolute atomic E-state index is 0.141. The van der Waals surface area contributed by atoms with Gasteiger partial charge in [0.25, 0.3) is 5.91 Å². The number of hydrogen-bond donors (Lipinski definition) is 1. The smallest absolute Gasteiger partial charge is 0.343 e. The predicted octanol–water partition coefficient (Wildman–Crippen LogP) is 7.45. The Morgan fingerprint density at radius 3 is 1.95 bits per heavy atom. The number of aryl methyl sites for hydroxylation is 5. The van der Waals surface area contributed by atoms with Gasteiger partial charge >= 0.3 is 5.97 Å². The van der Waals surface area contributed by atoms with Gasteiger partial charge < -0.3 is 10.1 Å². The Morgan fingerprint density at radius 2 is 1.32 bits per heavy atom. The monoisotopic (exact) mass is 490 g/mol. The summed E-state index contributed by atoms with van der Waals surface area (Å²) in [5.41, 5.74) is 8.51. The average Bonchev–Trinajstić information content (AvgIpc) is 2.87. The van der Waals surface area contributed by atoms with Crippen molar-refractivity contribution >= 4 is 29.5 Å². The first-order valence-electron chi connectivity index (χ1n) is 12.1. The van der Waals surface area contributed by atoms with Crippen LogP contribution >= 0.6 is 0 Å². The lowest BCUT2D eigenvalue weighted by Crippen LogP contribution is -2.12. The van der Waals surface area contributed by atoms with Crippen molar-refractivity contribution in [3.8, 4) is 5.75 Å². The zero-order valence-electron chi connectivity index (χ0n) is 21.8. The molecule has 0 atom stereocenters. The molecule has 5 nitrogen and oxygen atoms in total. The largest absolute Gasteiger partial charge is 0.423 e. The third-order valence-electron chi connectivity index (χ3n) is 6.15. The highest BCUT2D eigenvalue weighted by Crippen LogP contribution is 2.27. The second kappa shape index (κ2) is 11.0. The molecule has 1 N–H and O–H groups in total. The lowest BCUT2D eigenvalue weighted by Gasteiger charge is -2.12. The number of rotatable bonds is 6. The van der Waals surface area contributed by atoms with Crippen molar-refractivity contribution in [3.63, 3.8) is 0 Å². The molecule has 4 rings (SSSR count). The number of benzene rings is 4. The van der Waals surface area contributed by atoms with E-state index in [0.29, 0.717) is 16.9 Å². The zero-order chi connectivity index (χ0) is 26.5. The molecular formula is C32H30N2O3. The minimum Gasteiger partial charge on any atom is -0.423 e. The molecule has 37 heavy (non-hydrogen) atoms. The molecule has 0 saturated carbocycles. The van der Waals surface area contributed by atoms with Crippen LogP contribution < -0.4 is 10.1 Å². The van der Waals surface area contributed by atoms with E-state index in [0.717, 1.165) is 44.8 Å². The van der Waals surface area contributed by atoms with Gasteiger partial charge in [-0.1, -0.05) is 35.4 Å². The molecule has 5 heteroatoms. The average molecular weight is 491 g/mol. The second-order valence-electron chi connectivity index (χ2n) is 9.31. The minimum atomic E-state index is -0.384. The number of nitrogens with zero attached hydrogens (tertiary/aromatic N) is 1. The molecule has 1 amide bonds. The van der Waals surface area contributed by atoms with Crippen LogP contribution in [0.5, 0.6) is 5.75 Å². The van der Waals surface area contributed by atoms with Crippen LogP contribution in [-0.4, -0.2) is 18.1 Å². The van der Waals surface area contributed by atoms with E-state index in [4.69, 9.17) is 4.74 Å². The summed E-state index contributed by atoms with van der Waals surface area (Å²) in [7, 11) is 0. The van der Waals surface area contributed by atoms with Crippen LogP contribution in [-0.2, 0) is 0 Å². The molecular weight excluding hydrogens is 460 g/mol. The Labute approximate surface area is 217 Å². The van der Waals surface area contributed by atoms with Crippen molar-refractivity contribution in [1.82, 2.24) is 0 Å². The van der Waals surface area contributed by atoms with Crippen molar-refractivity contribution in [2.75, 3.05) is 5.32 Å². The highest BCUT2D eigenvalue weighted by Gasteiger charge is 2.12. The van der Waals surface area contributed by atoms with Gasteiger partial charge in [-0.15, -0.1) is 0 Å². The molecule has 0 bridgehead atoms. The first kappa shape index (κ1) is 25.6. The van der Waals surface area contributed by atoms with Crippen molar-refractivity contribution in [2.45, 2.75) is 34.6 Å². The van der Waals surface area contributed by atoms with E-state index < -0.39 is 0 Å². The SMILES string of the molecule is Cc1ccc(C(=O)Nc2cc(C)c(N=Cc3ccc(OC(=O)c4ccc(C)cc4)c(C)c3)cc2C)cc1. The van der Waals surface area contributed by atoms with Gasteiger partial charge in [0.2, 0.25) is 0 Å². The molecule has 0 saturated heterocycles. The van der Waals surface area contributed by atoms with Crippen molar-refractivity contribution in [1.29, 1.82) is 0 Å². The Morgan fingerprint density at radius 1 is 0.703 bits per heavy atom. The number of ether oxygens (including phenoxy) is 1. The Bertz CT molecular complexity index is 1480. The van der Waals surface area contributed by atoms with Gasteiger partial charge in [0.05, 0.1) is 11.3 Å². The van der Waals surface area contributed by atoms with E-state index in [2.05, 4.69) is 10.3 Å². The second-order valence-corrected chi connectivity index (χ2v) is 9.31. The Balaban J connectivity index is 1.45. The summed E-state index contributed by atoms with van der Waals surface area (Å²) in [6, 6.07) is 24.3. The number of anilines is 1. The molecule has 0 fully saturated rings. The van der Waals surface area contributed by atoms with Crippen molar-refractivity contribution < 1.29 is 14.3 Å². The maximum absolute atomic E-state index is 12.6.